The van der Waals surface area contributed by atoms with Crippen molar-refractivity contribution in [1.82, 2.24) is 4.90 Å². The number of aliphatic hydroxyl groups is 1. The summed E-state index contributed by atoms with van der Waals surface area (Å²) in [6.45, 7) is 5.70. The zero-order chi connectivity index (χ0) is 13.3. The lowest BCUT2D eigenvalue weighted by atomic mass is 9.98. The minimum Gasteiger partial charge on any atom is -0.390 e. The first kappa shape index (κ1) is 13.8. The average molecular weight is 269 g/mol. The van der Waals surface area contributed by atoms with Crippen LogP contribution in [0.15, 0.2) is 0 Å². The molecule has 1 saturated carbocycles. The van der Waals surface area contributed by atoms with Gasteiger partial charge in [0.15, 0.2) is 5.79 Å². The fraction of sp³-hybridized carbons (Fsp3) is 1.00. The van der Waals surface area contributed by atoms with E-state index in [9.17, 15) is 5.11 Å². The molecule has 4 heteroatoms. The van der Waals surface area contributed by atoms with E-state index < -0.39 is 5.60 Å². The third-order valence-electron chi connectivity index (χ3n) is 4.90. The van der Waals surface area contributed by atoms with Crippen LogP contribution in [0.4, 0.5) is 0 Å². The van der Waals surface area contributed by atoms with Crippen LogP contribution < -0.4 is 0 Å². The molecule has 3 aliphatic rings. The van der Waals surface area contributed by atoms with Crippen LogP contribution in [0.3, 0.4) is 0 Å². The largest absolute Gasteiger partial charge is 0.390 e. The first-order valence-electron chi connectivity index (χ1n) is 7.84. The predicted octanol–water partition coefficient (Wildman–Crippen LogP) is 1.91. The van der Waals surface area contributed by atoms with Crippen molar-refractivity contribution in [3.8, 4) is 0 Å². The van der Waals surface area contributed by atoms with E-state index in [1.165, 1.54) is 12.8 Å². The molecule has 2 heterocycles. The van der Waals surface area contributed by atoms with Gasteiger partial charge in [-0.2, -0.15) is 0 Å². The van der Waals surface area contributed by atoms with Gasteiger partial charge in [-0.05, 0) is 45.6 Å². The molecule has 0 aromatic heterocycles. The number of hydrogen-bond acceptors (Lipinski definition) is 4. The zero-order valence-corrected chi connectivity index (χ0v) is 12.1. The molecule has 19 heavy (non-hydrogen) atoms. The second-order valence-electron chi connectivity index (χ2n) is 6.82. The van der Waals surface area contributed by atoms with E-state index in [4.69, 9.17) is 9.47 Å². The Kier molecular flexibility index (Phi) is 3.87. The SMILES string of the molecule is CC1(O)CCCN(CC2COC3(CCCC3)O2)CC1. The quantitative estimate of drug-likeness (QED) is 0.831. The van der Waals surface area contributed by atoms with Crippen molar-refractivity contribution >= 4 is 0 Å². The van der Waals surface area contributed by atoms with Crippen molar-refractivity contribution in [3.63, 3.8) is 0 Å². The van der Waals surface area contributed by atoms with Gasteiger partial charge >= 0.3 is 0 Å². The summed E-state index contributed by atoms with van der Waals surface area (Å²) < 4.78 is 12.1. The van der Waals surface area contributed by atoms with Gasteiger partial charge < -0.3 is 19.5 Å². The van der Waals surface area contributed by atoms with Crippen molar-refractivity contribution in [2.75, 3.05) is 26.2 Å². The Hall–Kier alpha value is -0.160. The minimum absolute atomic E-state index is 0.223. The molecule has 2 unspecified atom stereocenters. The van der Waals surface area contributed by atoms with Gasteiger partial charge in [-0.25, -0.2) is 0 Å². The summed E-state index contributed by atoms with van der Waals surface area (Å²) in [5.74, 6) is -0.234. The number of rotatable bonds is 2. The number of likely N-dealkylation sites (tertiary alicyclic amines) is 1. The highest BCUT2D eigenvalue weighted by Crippen LogP contribution is 2.39. The van der Waals surface area contributed by atoms with Gasteiger partial charge in [-0.3, -0.25) is 0 Å². The Morgan fingerprint density at radius 3 is 2.68 bits per heavy atom. The molecule has 0 bridgehead atoms. The molecule has 0 amide bonds. The van der Waals surface area contributed by atoms with E-state index in [2.05, 4.69) is 4.90 Å². The van der Waals surface area contributed by atoms with Crippen LogP contribution in [-0.4, -0.2) is 53.7 Å². The fourth-order valence-corrected chi connectivity index (χ4v) is 3.67. The van der Waals surface area contributed by atoms with E-state index in [0.29, 0.717) is 0 Å². The minimum atomic E-state index is -0.478. The highest BCUT2D eigenvalue weighted by Gasteiger charge is 2.44. The molecular weight excluding hydrogens is 242 g/mol. The van der Waals surface area contributed by atoms with Crippen molar-refractivity contribution in [1.29, 1.82) is 0 Å². The molecule has 0 aromatic rings. The molecule has 1 N–H and O–H groups in total. The predicted molar refractivity (Wildman–Crippen MR) is 72.9 cm³/mol. The molecule has 2 aliphatic heterocycles. The highest BCUT2D eigenvalue weighted by atomic mass is 16.7. The molecular formula is C15H27NO3. The molecule has 3 fully saturated rings. The maximum absolute atomic E-state index is 10.1. The van der Waals surface area contributed by atoms with Crippen molar-refractivity contribution in [2.24, 2.45) is 0 Å². The summed E-state index contributed by atoms with van der Waals surface area (Å²) in [6, 6.07) is 0. The van der Waals surface area contributed by atoms with Gasteiger partial charge in [0.25, 0.3) is 0 Å². The zero-order valence-electron chi connectivity index (χ0n) is 12.1. The first-order valence-corrected chi connectivity index (χ1v) is 7.84. The summed E-state index contributed by atoms with van der Waals surface area (Å²) in [5, 5.41) is 10.1. The molecule has 1 spiro atoms. The second-order valence-corrected chi connectivity index (χ2v) is 6.82. The lowest BCUT2D eigenvalue weighted by Crippen LogP contribution is -2.36. The Bertz CT molecular complexity index is 311. The molecule has 3 rings (SSSR count). The van der Waals surface area contributed by atoms with Crippen molar-refractivity contribution in [3.05, 3.63) is 0 Å². The topological polar surface area (TPSA) is 41.9 Å². The van der Waals surface area contributed by atoms with Crippen LogP contribution in [-0.2, 0) is 9.47 Å². The number of nitrogens with zero attached hydrogens (tertiary/aromatic N) is 1. The maximum atomic E-state index is 10.1. The summed E-state index contributed by atoms with van der Waals surface area (Å²) in [6.07, 6.45) is 7.68. The lowest BCUT2D eigenvalue weighted by molar-refractivity contribution is -0.163. The third-order valence-corrected chi connectivity index (χ3v) is 4.90. The molecule has 1 aliphatic carbocycles. The van der Waals surface area contributed by atoms with Gasteiger partial charge in [0.05, 0.1) is 18.3 Å². The molecule has 110 valence electrons. The van der Waals surface area contributed by atoms with Gasteiger partial charge in [0.2, 0.25) is 0 Å². The monoisotopic (exact) mass is 269 g/mol. The summed E-state index contributed by atoms with van der Waals surface area (Å²) >= 11 is 0. The van der Waals surface area contributed by atoms with Crippen LogP contribution >= 0.6 is 0 Å². The van der Waals surface area contributed by atoms with Crippen LogP contribution in [0.5, 0.6) is 0 Å². The average Bonchev–Trinajstić information content (AvgIpc) is 2.93. The molecule has 0 aromatic carbocycles. The Balaban J connectivity index is 1.49. The van der Waals surface area contributed by atoms with E-state index >= 15 is 0 Å². The normalized spacial score (nSPS) is 39.8. The summed E-state index contributed by atoms with van der Waals surface area (Å²) in [4.78, 5) is 2.43. The van der Waals surface area contributed by atoms with Gasteiger partial charge in [-0.15, -0.1) is 0 Å². The van der Waals surface area contributed by atoms with Crippen LogP contribution in [0.2, 0.25) is 0 Å². The highest BCUT2D eigenvalue weighted by molar-refractivity contribution is 4.86. The second kappa shape index (κ2) is 5.32. The number of ether oxygens (including phenoxy) is 2. The summed E-state index contributed by atoms with van der Waals surface area (Å²) in [5.41, 5.74) is -0.478. The Morgan fingerprint density at radius 2 is 1.89 bits per heavy atom. The molecule has 4 nitrogen and oxygen atoms in total. The third kappa shape index (κ3) is 3.30. The maximum Gasteiger partial charge on any atom is 0.168 e. The molecule has 0 radical (unpaired) electrons. The molecule has 2 atom stereocenters. The fourth-order valence-electron chi connectivity index (χ4n) is 3.67. The number of hydrogen-bond donors (Lipinski definition) is 1. The summed E-state index contributed by atoms with van der Waals surface area (Å²) in [7, 11) is 0. The van der Waals surface area contributed by atoms with E-state index in [1.54, 1.807) is 0 Å². The Morgan fingerprint density at radius 1 is 1.11 bits per heavy atom. The van der Waals surface area contributed by atoms with Gasteiger partial charge in [0.1, 0.15) is 0 Å². The van der Waals surface area contributed by atoms with Crippen molar-refractivity contribution < 1.29 is 14.6 Å². The Labute approximate surface area is 116 Å². The molecule has 2 saturated heterocycles. The van der Waals surface area contributed by atoms with Crippen LogP contribution in [0, 0.1) is 0 Å². The van der Waals surface area contributed by atoms with Crippen LogP contribution in [0.1, 0.15) is 51.9 Å². The standard InChI is InChI=1S/C15H27NO3/c1-14(17)5-4-9-16(10-8-14)11-13-12-18-15(19-13)6-2-3-7-15/h13,17H,2-12H2,1H3. The van der Waals surface area contributed by atoms with E-state index in [1.807, 2.05) is 6.92 Å². The van der Waals surface area contributed by atoms with Crippen LogP contribution in [0.25, 0.3) is 0 Å². The first-order chi connectivity index (χ1) is 9.07. The van der Waals surface area contributed by atoms with E-state index in [-0.39, 0.29) is 11.9 Å². The smallest absolute Gasteiger partial charge is 0.168 e. The van der Waals surface area contributed by atoms with Gasteiger partial charge in [0, 0.05) is 25.9 Å². The van der Waals surface area contributed by atoms with E-state index in [0.717, 1.165) is 58.3 Å². The lowest BCUT2D eigenvalue weighted by Gasteiger charge is -2.26. The van der Waals surface area contributed by atoms with Gasteiger partial charge in [-0.1, -0.05) is 0 Å². The van der Waals surface area contributed by atoms with Crippen molar-refractivity contribution in [2.45, 2.75) is 69.4 Å².